The number of rotatable bonds is 6. The molecule has 0 aliphatic heterocycles. The van der Waals surface area contributed by atoms with E-state index in [0.717, 1.165) is 11.1 Å². The van der Waals surface area contributed by atoms with Gasteiger partial charge in [-0.15, -0.1) is 0 Å². The Morgan fingerprint density at radius 2 is 1.76 bits per heavy atom. The molecule has 0 saturated heterocycles. The lowest BCUT2D eigenvalue weighted by atomic mass is 10.1. The molecule has 0 heterocycles. The average molecular weight is 344 g/mol. The van der Waals surface area contributed by atoms with Crippen LogP contribution in [0.2, 0.25) is 0 Å². The minimum Gasteiger partial charge on any atom is -0.435 e. The number of carbonyl (C=O) groups excluding carboxylic acids is 1. The van der Waals surface area contributed by atoms with E-state index < -0.39 is 6.61 Å². The Morgan fingerprint density at radius 1 is 1.04 bits per heavy atom. The minimum absolute atomic E-state index is 0.112. The quantitative estimate of drug-likeness (QED) is 0.791. The van der Waals surface area contributed by atoms with E-state index in [0.29, 0.717) is 13.0 Å². The summed E-state index contributed by atoms with van der Waals surface area (Å²) in [6, 6.07) is 15.5. The summed E-state index contributed by atoms with van der Waals surface area (Å²) in [4.78, 5) is 11.6. The number of halogens is 2. The number of hydrogen-bond donors (Lipinski definition) is 2. The summed E-state index contributed by atoms with van der Waals surface area (Å²) >= 11 is 0. The molecule has 2 aromatic rings. The van der Waals surface area contributed by atoms with Crippen LogP contribution in [0.25, 0.3) is 0 Å². The number of ether oxygens (including phenoxy) is 1. The molecule has 4 nitrogen and oxygen atoms in total. The molecular formula is C19H18F2N2O2. The number of carbonyl (C=O) groups is 1. The summed E-state index contributed by atoms with van der Waals surface area (Å²) in [6.45, 7) is -2.16. The average Bonchev–Trinajstić information content (AvgIpc) is 2.61. The molecule has 0 radical (unpaired) electrons. The van der Waals surface area contributed by atoms with Crippen LogP contribution in [0.1, 0.15) is 11.1 Å². The van der Waals surface area contributed by atoms with Gasteiger partial charge in [0.1, 0.15) is 5.75 Å². The van der Waals surface area contributed by atoms with Crippen LogP contribution >= 0.6 is 0 Å². The summed E-state index contributed by atoms with van der Waals surface area (Å²) in [5.74, 6) is 5.92. The molecule has 0 spiro atoms. The fraction of sp³-hybridized carbons (Fsp3) is 0.211. The molecule has 25 heavy (non-hydrogen) atoms. The summed E-state index contributed by atoms with van der Waals surface area (Å²) in [7, 11) is 0. The number of urea groups is 1. The van der Waals surface area contributed by atoms with Crippen LogP contribution in [-0.4, -0.2) is 25.7 Å². The highest BCUT2D eigenvalue weighted by Crippen LogP contribution is 2.14. The zero-order valence-corrected chi connectivity index (χ0v) is 13.5. The molecule has 0 saturated carbocycles. The summed E-state index contributed by atoms with van der Waals surface area (Å²) in [5.41, 5.74) is 1.80. The second-order valence-corrected chi connectivity index (χ2v) is 5.05. The van der Waals surface area contributed by atoms with Crippen molar-refractivity contribution in [1.29, 1.82) is 0 Å². The van der Waals surface area contributed by atoms with Crippen molar-refractivity contribution in [2.24, 2.45) is 0 Å². The predicted octanol–water partition coefficient (Wildman–Crippen LogP) is 3.18. The third kappa shape index (κ3) is 7.36. The zero-order valence-electron chi connectivity index (χ0n) is 13.5. The van der Waals surface area contributed by atoms with Crippen LogP contribution in [0.3, 0.4) is 0 Å². The second kappa shape index (κ2) is 9.93. The fourth-order valence-corrected chi connectivity index (χ4v) is 2.01. The highest BCUT2D eigenvalue weighted by atomic mass is 19.3. The van der Waals surface area contributed by atoms with E-state index in [4.69, 9.17) is 0 Å². The van der Waals surface area contributed by atoms with Gasteiger partial charge in [0.05, 0.1) is 6.54 Å². The Kier molecular flexibility index (Phi) is 7.26. The number of alkyl halides is 2. The van der Waals surface area contributed by atoms with Gasteiger partial charge in [-0.25, -0.2) is 4.79 Å². The lowest BCUT2D eigenvalue weighted by Crippen LogP contribution is -2.36. The summed E-state index contributed by atoms with van der Waals surface area (Å²) in [5, 5.41) is 5.35. The molecular weight excluding hydrogens is 326 g/mol. The van der Waals surface area contributed by atoms with E-state index in [2.05, 4.69) is 27.2 Å². The van der Waals surface area contributed by atoms with Gasteiger partial charge in [-0.05, 0) is 36.2 Å². The predicted molar refractivity (Wildman–Crippen MR) is 91.5 cm³/mol. The third-order valence-corrected chi connectivity index (χ3v) is 3.19. The van der Waals surface area contributed by atoms with Gasteiger partial charge in [0.25, 0.3) is 0 Å². The van der Waals surface area contributed by atoms with Gasteiger partial charge in [-0.1, -0.05) is 42.2 Å². The standard InChI is InChI=1S/C19H18F2N2O2/c20-18(21)25-17-10-8-16(9-11-17)12-14-23-19(24)22-13-4-7-15-5-2-1-3-6-15/h1-3,5-6,8-11,18H,12-14H2,(H2,22,23,24). The molecule has 0 fully saturated rings. The minimum atomic E-state index is -2.83. The molecule has 2 N–H and O–H groups in total. The smallest absolute Gasteiger partial charge is 0.387 e. The van der Waals surface area contributed by atoms with Gasteiger partial charge in [-0.2, -0.15) is 8.78 Å². The Hall–Kier alpha value is -3.07. The molecule has 6 heteroatoms. The van der Waals surface area contributed by atoms with Gasteiger partial charge in [0.15, 0.2) is 0 Å². The molecule has 2 rings (SSSR count). The lowest BCUT2D eigenvalue weighted by molar-refractivity contribution is -0.0498. The van der Waals surface area contributed by atoms with Gasteiger partial charge < -0.3 is 15.4 Å². The fourth-order valence-electron chi connectivity index (χ4n) is 2.01. The van der Waals surface area contributed by atoms with Crippen molar-refractivity contribution in [3.8, 4) is 17.6 Å². The van der Waals surface area contributed by atoms with Gasteiger partial charge in [0, 0.05) is 12.1 Å². The van der Waals surface area contributed by atoms with Crippen molar-refractivity contribution in [2.75, 3.05) is 13.1 Å². The van der Waals surface area contributed by atoms with E-state index in [1.54, 1.807) is 12.1 Å². The Morgan fingerprint density at radius 3 is 2.44 bits per heavy atom. The van der Waals surface area contributed by atoms with Crippen LogP contribution < -0.4 is 15.4 Å². The maximum atomic E-state index is 12.1. The number of hydrogen-bond acceptors (Lipinski definition) is 2. The van der Waals surface area contributed by atoms with E-state index in [1.807, 2.05) is 30.3 Å². The van der Waals surface area contributed by atoms with Crippen LogP contribution in [-0.2, 0) is 6.42 Å². The first-order chi connectivity index (χ1) is 12.1. The van der Waals surface area contributed by atoms with Crippen molar-refractivity contribution < 1.29 is 18.3 Å². The molecule has 0 atom stereocenters. The number of benzene rings is 2. The first kappa shape index (κ1) is 18.3. The molecule has 2 amide bonds. The molecule has 0 aliphatic rings. The highest BCUT2D eigenvalue weighted by Gasteiger charge is 2.04. The maximum absolute atomic E-state index is 12.1. The van der Waals surface area contributed by atoms with Crippen LogP contribution in [0.4, 0.5) is 13.6 Å². The van der Waals surface area contributed by atoms with Crippen molar-refractivity contribution in [1.82, 2.24) is 10.6 Å². The van der Waals surface area contributed by atoms with E-state index in [9.17, 15) is 13.6 Å². The van der Waals surface area contributed by atoms with E-state index in [1.165, 1.54) is 12.1 Å². The Bertz CT molecular complexity index is 723. The normalized spacial score (nSPS) is 9.88. The van der Waals surface area contributed by atoms with Crippen LogP contribution in [0, 0.1) is 11.8 Å². The zero-order chi connectivity index (χ0) is 17.9. The first-order valence-electron chi connectivity index (χ1n) is 7.73. The maximum Gasteiger partial charge on any atom is 0.387 e. The third-order valence-electron chi connectivity index (χ3n) is 3.19. The SMILES string of the molecule is O=C(NCC#Cc1ccccc1)NCCc1ccc(OC(F)F)cc1. The summed E-state index contributed by atoms with van der Waals surface area (Å²) < 4.78 is 28.4. The van der Waals surface area contributed by atoms with Gasteiger partial charge in [-0.3, -0.25) is 0 Å². The Labute approximate surface area is 145 Å². The van der Waals surface area contributed by atoms with E-state index >= 15 is 0 Å². The molecule has 130 valence electrons. The monoisotopic (exact) mass is 344 g/mol. The number of amides is 2. The van der Waals surface area contributed by atoms with Crippen molar-refractivity contribution in [2.45, 2.75) is 13.0 Å². The Balaban J connectivity index is 1.64. The molecule has 0 aromatic heterocycles. The van der Waals surface area contributed by atoms with Crippen molar-refractivity contribution in [3.63, 3.8) is 0 Å². The lowest BCUT2D eigenvalue weighted by Gasteiger charge is -2.07. The van der Waals surface area contributed by atoms with Crippen LogP contribution in [0.5, 0.6) is 5.75 Å². The molecule has 0 unspecified atom stereocenters. The largest absolute Gasteiger partial charge is 0.435 e. The summed E-state index contributed by atoms with van der Waals surface area (Å²) in [6.07, 6.45) is 0.581. The van der Waals surface area contributed by atoms with Gasteiger partial charge in [0.2, 0.25) is 0 Å². The van der Waals surface area contributed by atoms with Gasteiger partial charge >= 0.3 is 12.6 Å². The second-order valence-electron chi connectivity index (χ2n) is 5.05. The number of nitrogens with one attached hydrogen (secondary N) is 2. The van der Waals surface area contributed by atoms with Crippen molar-refractivity contribution >= 4 is 6.03 Å². The van der Waals surface area contributed by atoms with Crippen LogP contribution in [0.15, 0.2) is 54.6 Å². The molecule has 0 bridgehead atoms. The van der Waals surface area contributed by atoms with Crippen molar-refractivity contribution in [3.05, 3.63) is 65.7 Å². The molecule has 0 aliphatic carbocycles. The van der Waals surface area contributed by atoms with E-state index in [-0.39, 0.29) is 18.3 Å². The topological polar surface area (TPSA) is 50.4 Å². The first-order valence-corrected chi connectivity index (χ1v) is 7.73. The molecule has 2 aromatic carbocycles. The highest BCUT2D eigenvalue weighted by molar-refractivity contribution is 5.74.